The van der Waals surface area contributed by atoms with Crippen molar-refractivity contribution >= 4 is 17.4 Å². The van der Waals surface area contributed by atoms with Gasteiger partial charge in [0.1, 0.15) is 19.0 Å². The third-order valence-corrected chi connectivity index (χ3v) is 2.38. The van der Waals surface area contributed by atoms with Gasteiger partial charge in [0, 0.05) is 5.56 Å². The molecule has 0 heterocycles. The third-order valence-electron chi connectivity index (χ3n) is 2.09. The van der Waals surface area contributed by atoms with E-state index in [-0.39, 0.29) is 29.8 Å². The fourth-order valence-corrected chi connectivity index (χ4v) is 1.47. The lowest BCUT2D eigenvalue weighted by molar-refractivity contribution is -0.175. The van der Waals surface area contributed by atoms with Crippen LogP contribution in [-0.4, -0.2) is 37.0 Å². The second-order valence-electron chi connectivity index (χ2n) is 3.65. The standard InChI is InChI=1S/C11H12ClF3N2O3/c12-8-5-7(10(16)17-18)1-2-9(8)20-4-3-19-6-11(13,14)15/h1-2,5,18H,3-4,6H2,(H2,16,17). The molecule has 112 valence electrons. The van der Waals surface area contributed by atoms with Crippen molar-refractivity contribution < 1.29 is 27.9 Å². The van der Waals surface area contributed by atoms with Crippen LogP contribution in [0.5, 0.6) is 5.75 Å². The average molecular weight is 313 g/mol. The van der Waals surface area contributed by atoms with E-state index in [2.05, 4.69) is 9.89 Å². The molecular formula is C11H12ClF3N2O3. The fraction of sp³-hybridized carbons (Fsp3) is 0.364. The topological polar surface area (TPSA) is 77.1 Å². The number of benzene rings is 1. The zero-order valence-corrected chi connectivity index (χ0v) is 10.9. The van der Waals surface area contributed by atoms with Crippen LogP contribution in [0.2, 0.25) is 5.02 Å². The second-order valence-corrected chi connectivity index (χ2v) is 4.05. The van der Waals surface area contributed by atoms with Gasteiger partial charge in [0.15, 0.2) is 5.84 Å². The summed E-state index contributed by atoms with van der Waals surface area (Å²) >= 11 is 5.88. The number of hydrogen-bond donors (Lipinski definition) is 2. The molecule has 3 N–H and O–H groups in total. The highest BCUT2D eigenvalue weighted by molar-refractivity contribution is 6.32. The summed E-state index contributed by atoms with van der Waals surface area (Å²) in [6, 6.07) is 4.36. The van der Waals surface area contributed by atoms with E-state index in [4.69, 9.17) is 27.3 Å². The van der Waals surface area contributed by atoms with Crippen molar-refractivity contribution in [2.24, 2.45) is 10.9 Å². The zero-order chi connectivity index (χ0) is 15.2. The minimum absolute atomic E-state index is 0.0846. The van der Waals surface area contributed by atoms with E-state index in [1.54, 1.807) is 0 Å². The minimum Gasteiger partial charge on any atom is -0.490 e. The summed E-state index contributed by atoms with van der Waals surface area (Å²) in [5.41, 5.74) is 5.75. The molecule has 0 unspecified atom stereocenters. The molecule has 9 heteroatoms. The van der Waals surface area contributed by atoms with Gasteiger partial charge in [-0.1, -0.05) is 16.8 Å². The Hall–Kier alpha value is -1.67. The molecule has 5 nitrogen and oxygen atoms in total. The van der Waals surface area contributed by atoms with E-state index in [0.29, 0.717) is 5.56 Å². The average Bonchev–Trinajstić information content (AvgIpc) is 2.37. The maximum absolute atomic E-state index is 11.8. The zero-order valence-electron chi connectivity index (χ0n) is 10.2. The molecule has 0 aliphatic rings. The van der Waals surface area contributed by atoms with Gasteiger partial charge in [-0.2, -0.15) is 13.2 Å². The number of halogens is 4. The van der Waals surface area contributed by atoms with Gasteiger partial charge >= 0.3 is 6.18 Å². The van der Waals surface area contributed by atoms with Gasteiger partial charge in [-0.05, 0) is 18.2 Å². The number of nitrogens with zero attached hydrogens (tertiary/aromatic N) is 1. The number of amidine groups is 1. The first-order chi connectivity index (χ1) is 9.33. The Morgan fingerprint density at radius 1 is 1.35 bits per heavy atom. The molecule has 0 saturated carbocycles. The van der Waals surface area contributed by atoms with E-state index >= 15 is 0 Å². The molecule has 1 aromatic rings. The van der Waals surface area contributed by atoms with Gasteiger partial charge in [-0.3, -0.25) is 0 Å². The molecule has 0 bridgehead atoms. The Kier molecular flexibility index (Phi) is 5.90. The van der Waals surface area contributed by atoms with Gasteiger partial charge in [0.2, 0.25) is 0 Å². The van der Waals surface area contributed by atoms with Gasteiger partial charge in [-0.25, -0.2) is 0 Å². The van der Waals surface area contributed by atoms with Crippen LogP contribution in [0.15, 0.2) is 23.4 Å². The highest BCUT2D eigenvalue weighted by atomic mass is 35.5. The summed E-state index contributed by atoms with van der Waals surface area (Å²) in [5.74, 6) is 0.142. The molecule has 0 aliphatic heterocycles. The van der Waals surface area contributed by atoms with Crippen LogP contribution in [0, 0.1) is 0 Å². The van der Waals surface area contributed by atoms with Crippen LogP contribution < -0.4 is 10.5 Å². The third kappa shape index (κ3) is 5.54. The summed E-state index contributed by atoms with van der Waals surface area (Å²) in [6.07, 6.45) is -4.36. The summed E-state index contributed by atoms with van der Waals surface area (Å²) < 4.78 is 44.9. The van der Waals surface area contributed by atoms with Crippen molar-refractivity contribution in [1.29, 1.82) is 0 Å². The van der Waals surface area contributed by atoms with Crippen LogP contribution in [0.3, 0.4) is 0 Å². The molecule has 0 amide bonds. The monoisotopic (exact) mass is 312 g/mol. The predicted octanol–water partition coefficient (Wildman–Crippen LogP) is 2.39. The molecule has 1 rings (SSSR count). The Morgan fingerprint density at radius 2 is 2.05 bits per heavy atom. The lowest BCUT2D eigenvalue weighted by atomic mass is 10.2. The van der Waals surface area contributed by atoms with Gasteiger partial charge in [0.25, 0.3) is 0 Å². The summed E-state index contributed by atoms with van der Waals surface area (Å²) in [5, 5.41) is 11.5. The van der Waals surface area contributed by atoms with E-state index in [1.165, 1.54) is 18.2 Å². The van der Waals surface area contributed by atoms with Crippen molar-refractivity contribution in [2.75, 3.05) is 19.8 Å². The Morgan fingerprint density at radius 3 is 2.60 bits per heavy atom. The molecule has 1 aromatic carbocycles. The Balaban J connectivity index is 2.45. The number of rotatable bonds is 6. The van der Waals surface area contributed by atoms with Gasteiger partial charge in [0.05, 0.1) is 11.6 Å². The van der Waals surface area contributed by atoms with Gasteiger partial charge in [-0.15, -0.1) is 0 Å². The number of hydrogen-bond acceptors (Lipinski definition) is 4. The summed E-state index contributed by atoms with van der Waals surface area (Å²) in [7, 11) is 0. The first-order valence-corrected chi connectivity index (χ1v) is 5.76. The molecule has 0 spiro atoms. The molecule has 0 aromatic heterocycles. The van der Waals surface area contributed by atoms with Crippen molar-refractivity contribution in [3.05, 3.63) is 28.8 Å². The Bertz CT molecular complexity index is 480. The van der Waals surface area contributed by atoms with E-state index < -0.39 is 12.8 Å². The lowest BCUT2D eigenvalue weighted by Crippen LogP contribution is -2.19. The maximum atomic E-state index is 11.8. The number of alkyl halides is 3. The maximum Gasteiger partial charge on any atom is 0.411 e. The van der Waals surface area contributed by atoms with Crippen molar-refractivity contribution in [3.63, 3.8) is 0 Å². The highest BCUT2D eigenvalue weighted by Crippen LogP contribution is 2.25. The molecule has 0 fully saturated rings. The first kappa shape index (κ1) is 16.4. The molecule has 0 radical (unpaired) electrons. The lowest BCUT2D eigenvalue weighted by Gasteiger charge is -2.10. The molecule has 0 aliphatic carbocycles. The molecule has 0 saturated heterocycles. The van der Waals surface area contributed by atoms with Crippen LogP contribution in [0.4, 0.5) is 13.2 Å². The van der Waals surface area contributed by atoms with Crippen LogP contribution in [-0.2, 0) is 4.74 Å². The van der Waals surface area contributed by atoms with Crippen LogP contribution in [0.25, 0.3) is 0 Å². The first-order valence-electron chi connectivity index (χ1n) is 5.38. The van der Waals surface area contributed by atoms with E-state index in [9.17, 15) is 13.2 Å². The highest BCUT2D eigenvalue weighted by Gasteiger charge is 2.27. The summed E-state index contributed by atoms with van der Waals surface area (Å²) in [6.45, 7) is -1.64. The number of nitrogens with two attached hydrogens (primary N) is 1. The SMILES string of the molecule is NC(=NO)c1ccc(OCCOCC(F)(F)F)c(Cl)c1. The molecular weight excluding hydrogens is 301 g/mol. The second kappa shape index (κ2) is 7.20. The van der Waals surface area contributed by atoms with E-state index in [1.807, 2.05) is 0 Å². The van der Waals surface area contributed by atoms with Crippen molar-refractivity contribution in [1.82, 2.24) is 0 Å². The van der Waals surface area contributed by atoms with Crippen LogP contribution in [0.1, 0.15) is 5.56 Å². The number of ether oxygens (including phenoxy) is 2. The number of oxime groups is 1. The Labute approximate surface area is 117 Å². The summed E-state index contributed by atoms with van der Waals surface area (Å²) in [4.78, 5) is 0. The van der Waals surface area contributed by atoms with Crippen molar-refractivity contribution in [2.45, 2.75) is 6.18 Å². The molecule has 20 heavy (non-hydrogen) atoms. The van der Waals surface area contributed by atoms with Gasteiger partial charge < -0.3 is 20.4 Å². The van der Waals surface area contributed by atoms with Crippen LogP contribution >= 0.6 is 11.6 Å². The smallest absolute Gasteiger partial charge is 0.411 e. The fourth-order valence-electron chi connectivity index (χ4n) is 1.23. The quantitative estimate of drug-likeness (QED) is 0.278. The minimum atomic E-state index is -4.36. The van der Waals surface area contributed by atoms with E-state index in [0.717, 1.165) is 0 Å². The van der Waals surface area contributed by atoms with Crippen molar-refractivity contribution in [3.8, 4) is 5.75 Å². The predicted molar refractivity (Wildman–Crippen MR) is 66.3 cm³/mol. The largest absolute Gasteiger partial charge is 0.490 e. The molecule has 0 atom stereocenters. The normalized spacial score (nSPS) is 12.5.